The zero-order valence-electron chi connectivity index (χ0n) is 12.3. The lowest BCUT2D eigenvalue weighted by Crippen LogP contribution is -2.15. The average Bonchev–Trinajstić information content (AvgIpc) is 3.21. The minimum atomic E-state index is 0.759. The SMILES string of the molecule is CCCOCCn1ccc2c(CNC3CC3)cccc21. The van der Waals surface area contributed by atoms with Gasteiger partial charge >= 0.3 is 0 Å². The number of nitrogens with one attached hydrogen (secondary N) is 1. The fraction of sp³-hybridized carbons (Fsp3) is 0.529. The third kappa shape index (κ3) is 3.22. The summed E-state index contributed by atoms with van der Waals surface area (Å²) in [5, 5.41) is 4.97. The monoisotopic (exact) mass is 272 g/mol. The van der Waals surface area contributed by atoms with Crippen LogP contribution in [0.3, 0.4) is 0 Å². The van der Waals surface area contributed by atoms with Gasteiger partial charge in [0, 0.05) is 42.8 Å². The lowest BCUT2D eigenvalue weighted by molar-refractivity contribution is 0.127. The van der Waals surface area contributed by atoms with Crippen molar-refractivity contribution >= 4 is 10.9 Å². The van der Waals surface area contributed by atoms with E-state index in [4.69, 9.17) is 4.74 Å². The molecular formula is C17H24N2O. The minimum absolute atomic E-state index is 0.759. The molecule has 0 bridgehead atoms. The van der Waals surface area contributed by atoms with Gasteiger partial charge in [0.25, 0.3) is 0 Å². The Hall–Kier alpha value is -1.32. The van der Waals surface area contributed by atoms with Gasteiger partial charge in [-0.25, -0.2) is 0 Å². The van der Waals surface area contributed by atoms with Crippen molar-refractivity contribution in [3.63, 3.8) is 0 Å². The molecule has 1 aliphatic rings. The second-order valence-corrected chi connectivity index (χ2v) is 5.63. The van der Waals surface area contributed by atoms with E-state index >= 15 is 0 Å². The van der Waals surface area contributed by atoms with E-state index in [0.717, 1.165) is 38.8 Å². The van der Waals surface area contributed by atoms with Crippen molar-refractivity contribution in [3.8, 4) is 0 Å². The summed E-state index contributed by atoms with van der Waals surface area (Å²) in [6.07, 6.45) is 5.95. The molecule has 3 nitrogen and oxygen atoms in total. The zero-order chi connectivity index (χ0) is 13.8. The van der Waals surface area contributed by atoms with Crippen LogP contribution >= 0.6 is 0 Å². The van der Waals surface area contributed by atoms with Crippen molar-refractivity contribution in [3.05, 3.63) is 36.0 Å². The van der Waals surface area contributed by atoms with Crippen molar-refractivity contribution in [1.29, 1.82) is 0 Å². The standard InChI is InChI=1S/C17H24N2O/c1-2-11-20-12-10-19-9-8-16-14(4-3-5-17(16)19)13-18-15-6-7-15/h3-5,8-9,15,18H,2,6-7,10-13H2,1H3. The Kier molecular flexibility index (Phi) is 4.38. The highest BCUT2D eigenvalue weighted by atomic mass is 16.5. The van der Waals surface area contributed by atoms with Gasteiger partial charge in [-0.05, 0) is 37.0 Å². The van der Waals surface area contributed by atoms with Gasteiger partial charge in [-0.1, -0.05) is 19.1 Å². The number of fused-ring (bicyclic) bond motifs is 1. The molecule has 0 aliphatic heterocycles. The first kappa shape index (κ1) is 13.7. The summed E-state index contributed by atoms with van der Waals surface area (Å²) in [4.78, 5) is 0. The molecule has 2 aromatic rings. The van der Waals surface area contributed by atoms with Gasteiger partial charge in [0.05, 0.1) is 6.61 Å². The Balaban J connectivity index is 1.69. The Morgan fingerprint density at radius 1 is 1.25 bits per heavy atom. The normalized spacial score (nSPS) is 15.1. The van der Waals surface area contributed by atoms with Crippen LogP contribution in [0.1, 0.15) is 31.7 Å². The van der Waals surface area contributed by atoms with E-state index in [2.05, 4.69) is 47.3 Å². The molecule has 1 aliphatic carbocycles. The topological polar surface area (TPSA) is 26.2 Å². The second kappa shape index (κ2) is 6.42. The van der Waals surface area contributed by atoms with Crippen LogP contribution in [-0.2, 0) is 17.8 Å². The minimum Gasteiger partial charge on any atom is -0.380 e. The summed E-state index contributed by atoms with van der Waals surface area (Å²) >= 11 is 0. The Bertz CT molecular complexity index is 557. The van der Waals surface area contributed by atoms with Gasteiger partial charge in [-0.2, -0.15) is 0 Å². The molecule has 0 spiro atoms. The molecule has 0 radical (unpaired) electrons. The van der Waals surface area contributed by atoms with Crippen molar-refractivity contribution in [2.45, 2.75) is 45.3 Å². The number of rotatable bonds is 8. The maximum absolute atomic E-state index is 5.59. The molecule has 1 heterocycles. The molecular weight excluding hydrogens is 248 g/mol. The average molecular weight is 272 g/mol. The molecule has 1 N–H and O–H groups in total. The predicted octanol–water partition coefficient (Wildman–Crippen LogP) is 3.32. The largest absolute Gasteiger partial charge is 0.380 e. The van der Waals surface area contributed by atoms with Crippen LogP contribution in [0.15, 0.2) is 30.5 Å². The highest BCUT2D eigenvalue weighted by Gasteiger charge is 2.20. The van der Waals surface area contributed by atoms with E-state index in [1.165, 1.54) is 29.3 Å². The number of hydrogen-bond donors (Lipinski definition) is 1. The maximum Gasteiger partial charge on any atom is 0.0645 e. The zero-order valence-corrected chi connectivity index (χ0v) is 12.3. The predicted molar refractivity (Wildman–Crippen MR) is 82.9 cm³/mol. The van der Waals surface area contributed by atoms with Crippen molar-refractivity contribution < 1.29 is 4.74 Å². The van der Waals surface area contributed by atoms with Crippen LogP contribution < -0.4 is 5.32 Å². The summed E-state index contributed by atoms with van der Waals surface area (Å²) in [6, 6.07) is 9.59. The number of benzene rings is 1. The third-order valence-electron chi connectivity index (χ3n) is 3.89. The highest BCUT2D eigenvalue weighted by molar-refractivity contribution is 5.83. The molecule has 1 saturated carbocycles. The highest BCUT2D eigenvalue weighted by Crippen LogP contribution is 2.23. The fourth-order valence-electron chi connectivity index (χ4n) is 2.59. The van der Waals surface area contributed by atoms with Crippen LogP contribution in [0.5, 0.6) is 0 Å². The second-order valence-electron chi connectivity index (χ2n) is 5.63. The summed E-state index contributed by atoms with van der Waals surface area (Å²) in [5.74, 6) is 0. The van der Waals surface area contributed by atoms with Crippen LogP contribution in [0.4, 0.5) is 0 Å². The molecule has 1 aromatic heterocycles. The van der Waals surface area contributed by atoms with Crippen molar-refractivity contribution in [1.82, 2.24) is 9.88 Å². The molecule has 1 aromatic carbocycles. The molecule has 0 unspecified atom stereocenters. The third-order valence-corrected chi connectivity index (χ3v) is 3.89. The number of aromatic nitrogens is 1. The Morgan fingerprint density at radius 3 is 2.95 bits per heavy atom. The smallest absolute Gasteiger partial charge is 0.0645 e. The summed E-state index contributed by atoms with van der Waals surface area (Å²) < 4.78 is 7.89. The first-order valence-corrected chi connectivity index (χ1v) is 7.76. The number of ether oxygens (including phenoxy) is 1. The van der Waals surface area contributed by atoms with Gasteiger partial charge in [0.1, 0.15) is 0 Å². The quantitative estimate of drug-likeness (QED) is 0.746. The molecule has 0 amide bonds. The lowest BCUT2D eigenvalue weighted by atomic mass is 10.1. The van der Waals surface area contributed by atoms with Gasteiger partial charge in [0.15, 0.2) is 0 Å². The molecule has 0 atom stereocenters. The van der Waals surface area contributed by atoms with E-state index < -0.39 is 0 Å². The van der Waals surface area contributed by atoms with Crippen LogP contribution in [-0.4, -0.2) is 23.8 Å². The molecule has 3 rings (SSSR count). The van der Waals surface area contributed by atoms with Crippen LogP contribution in [0.25, 0.3) is 10.9 Å². The summed E-state index contributed by atoms with van der Waals surface area (Å²) in [6.45, 7) is 5.71. The van der Waals surface area contributed by atoms with Crippen LogP contribution in [0, 0.1) is 0 Å². The van der Waals surface area contributed by atoms with Gasteiger partial charge < -0.3 is 14.6 Å². The molecule has 1 fully saturated rings. The fourth-order valence-corrected chi connectivity index (χ4v) is 2.59. The molecule has 20 heavy (non-hydrogen) atoms. The van der Waals surface area contributed by atoms with E-state index in [1.54, 1.807) is 0 Å². The Morgan fingerprint density at radius 2 is 2.15 bits per heavy atom. The lowest BCUT2D eigenvalue weighted by Gasteiger charge is -2.08. The van der Waals surface area contributed by atoms with Crippen LogP contribution in [0.2, 0.25) is 0 Å². The van der Waals surface area contributed by atoms with Crippen molar-refractivity contribution in [2.75, 3.05) is 13.2 Å². The van der Waals surface area contributed by atoms with Crippen molar-refractivity contribution in [2.24, 2.45) is 0 Å². The molecule has 0 saturated heterocycles. The first-order valence-electron chi connectivity index (χ1n) is 7.76. The van der Waals surface area contributed by atoms with Gasteiger partial charge in [-0.15, -0.1) is 0 Å². The molecule has 3 heteroatoms. The molecule has 108 valence electrons. The van der Waals surface area contributed by atoms with Gasteiger partial charge in [0.2, 0.25) is 0 Å². The van der Waals surface area contributed by atoms with E-state index in [-0.39, 0.29) is 0 Å². The van der Waals surface area contributed by atoms with Gasteiger partial charge in [-0.3, -0.25) is 0 Å². The van der Waals surface area contributed by atoms with E-state index in [9.17, 15) is 0 Å². The van der Waals surface area contributed by atoms with E-state index in [1.807, 2.05) is 0 Å². The number of hydrogen-bond acceptors (Lipinski definition) is 2. The first-order chi connectivity index (χ1) is 9.88. The summed E-state index contributed by atoms with van der Waals surface area (Å²) in [5.41, 5.74) is 2.72. The van der Waals surface area contributed by atoms with E-state index in [0.29, 0.717) is 0 Å². The maximum atomic E-state index is 5.59. The number of nitrogens with zero attached hydrogens (tertiary/aromatic N) is 1. The summed E-state index contributed by atoms with van der Waals surface area (Å²) in [7, 11) is 0. The Labute approximate surface area is 120 Å².